The van der Waals surface area contributed by atoms with E-state index in [1.165, 1.54) is 7.11 Å². The molecule has 1 aromatic rings. The minimum absolute atomic E-state index is 0.315. The van der Waals surface area contributed by atoms with Gasteiger partial charge in [-0.15, -0.1) is 0 Å². The maximum Gasteiger partial charge on any atom is 0.235 e. The molecule has 0 aromatic heterocycles. The third-order valence-corrected chi connectivity index (χ3v) is 1.76. The van der Waals surface area contributed by atoms with Crippen molar-refractivity contribution in [2.45, 2.75) is 6.54 Å². The van der Waals surface area contributed by atoms with Crippen LogP contribution in [-0.4, -0.2) is 18.3 Å². The highest BCUT2D eigenvalue weighted by Crippen LogP contribution is 2.30. The van der Waals surface area contributed by atoms with Crippen molar-refractivity contribution >= 4 is 6.08 Å². The number of hydrogen-bond donors (Lipinski definition) is 1. The van der Waals surface area contributed by atoms with Gasteiger partial charge in [0.25, 0.3) is 0 Å². The summed E-state index contributed by atoms with van der Waals surface area (Å²) in [7, 11) is 1.17. The molecule has 0 atom stereocenters. The molecule has 0 radical (unpaired) electrons. The number of phenolic OH excluding ortho intramolecular Hbond substituents is 1. The minimum Gasteiger partial charge on any atom is -0.505 e. The van der Waals surface area contributed by atoms with E-state index in [4.69, 9.17) is 5.11 Å². The van der Waals surface area contributed by atoms with E-state index in [2.05, 4.69) is 9.73 Å². The van der Waals surface area contributed by atoms with Crippen molar-refractivity contribution in [1.29, 1.82) is 0 Å². The zero-order valence-corrected chi connectivity index (χ0v) is 7.75. The van der Waals surface area contributed by atoms with Crippen molar-refractivity contribution in [3.63, 3.8) is 0 Å². The Bertz CT molecular complexity index is 428. The normalized spacial score (nSPS) is 9.53. The Hall–Kier alpha value is -1.94. The first kappa shape index (κ1) is 11.1. The number of ether oxygens (including phenoxy) is 1. The van der Waals surface area contributed by atoms with E-state index in [0.717, 1.165) is 12.1 Å². The van der Waals surface area contributed by atoms with Crippen LogP contribution in [0.4, 0.5) is 8.78 Å². The summed E-state index contributed by atoms with van der Waals surface area (Å²) in [6.07, 6.45) is 1.15. The molecule has 4 nitrogen and oxygen atoms in total. The summed E-state index contributed by atoms with van der Waals surface area (Å²) in [5.41, 5.74) is -0.532. The second-order valence-electron chi connectivity index (χ2n) is 2.61. The van der Waals surface area contributed by atoms with Crippen molar-refractivity contribution in [1.82, 2.24) is 0 Å². The molecule has 0 aliphatic carbocycles. The largest absolute Gasteiger partial charge is 0.505 e. The van der Waals surface area contributed by atoms with Crippen molar-refractivity contribution in [2.24, 2.45) is 4.99 Å². The zero-order valence-electron chi connectivity index (χ0n) is 7.75. The van der Waals surface area contributed by atoms with E-state index < -0.39 is 29.5 Å². The number of phenols is 1. The zero-order chi connectivity index (χ0) is 11.4. The topological polar surface area (TPSA) is 58.9 Å². The molecule has 1 N–H and O–H groups in total. The van der Waals surface area contributed by atoms with E-state index >= 15 is 0 Å². The maximum absolute atomic E-state index is 13.4. The van der Waals surface area contributed by atoms with Crippen LogP contribution >= 0.6 is 0 Å². The molecule has 1 rings (SSSR count). The second-order valence-corrected chi connectivity index (χ2v) is 2.61. The summed E-state index contributed by atoms with van der Waals surface area (Å²) in [5, 5.41) is 9.07. The summed E-state index contributed by atoms with van der Waals surface area (Å²) in [6, 6.07) is 0.804. The maximum atomic E-state index is 13.4. The van der Waals surface area contributed by atoms with E-state index in [1.54, 1.807) is 0 Å². The average molecular weight is 215 g/mol. The van der Waals surface area contributed by atoms with Crippen LogP contribution in [0.15, 0.2) is 11.1 Å². The number of aromatic hydroxyl groups is 1. The van der Waals surface area contributed by atoms with Gasteiger partial charge in [-0.3, -0.25) is 0 Å². The summed E-state index contributed by atoms with van der Waals surface area (Å²) >= 11 is 0. The van der Waals surface area contributed by atoms with Gasteiger partial charge >= 0.3 is 0 Å². The molecule has 0 bridgehead atoms. The number of benzene rings is 1. The molecule has 0 saturated carbocycles. The van der Waals surface area contributed by atoms with Gasteiger partial charge in [0, 0.05) is 6.07 Å². The fraction of sp³-hybridized carbons (Fsp3) is 0.222. The van der Waals surface area contributed by atoms with Gasteiger partial charge < -0.3 is 9.84 Å². The number of carbonyl (C=O) groups excluding carboxylic acids is 1. The highest BCUT2D eigenvalue weighted by molar-refractivity contribution is 5.42. The molecular formula is C9H7F2NO3. The molecule has 0 unspecified atom stereocenters. The molecule has 6 heteroatoms. The Morgan fingerprint density at radius 3 is 2.73 bits per heavy atom. The number of isocyanates is 1. The lowest BCUT2D eigenvalue weighted by Crippen LogP contribution is -1.98. The van der Waals surface area contributed by atoms with Crippen molar-refractivity contribution in [2.75, 3.05) is 7.11 Å². The van der Waals surface area contributed by atoms with Crippen LogP contribution in [0.2, 0.25) is 0 Å². The van der Waals surface area contributed by atoms with Gasteiger partial charge in [-0.05, 0) is 0 Å². The number of halogens is 2. The smallest absolute Gasteiger partial charge is 0.235 e. The number of hydrogen-bond acceptors (Lipinski definition) is 4. The first-order valence-electron chi connectivity index (χ1n) is 3.89. The van der Waals surface area contributed by atoms with Crippen LogP contribution in [0.3, 0.4) is 0 Å². The molecule has 0 fully saturated rings. The Labute approximate surface area is 83.8 Å². The standard InChI is InChI=1S/C9H7F2NO3/c1-15-7-2-6(14)8(10)5(9(7)11)3-12-4-13/h2,14H,3H2,1H3. The number of nitrogens with zero attached hydrogens (tertiary/aromatic N) is 1. The van der Waals surface area contributed by atoms with Gasteiger partial charge in [0.2, 0.25) is 6.08 Å². The predicted octanol–water partition coefficient (Wildman–Crippen LogP) is 1.51. The lowest BCUT2D eigenvalue weighted by Gasteiger charge is -2.07. The summed E-state index contributed by atoms with van der Waals surface area (Å²) in [4.78, 5) is 12.8. The highest BCUT2D eigenvalue weighted by Gasteiger charge is 2.18. The van der Waals surface area contributed by atoms with Crippen molar-refractivity contribution in [3.8, 4) is 11.5 Å². The van der Waals surface area contributed by atoms with Crippen LogP contribution in [0.5, 0.6) is 11.5 Å². The van der Waals surface area contributed by atoms with Gasteiger partial charge in [-0.25, -0.2) is 18.6 Å². The molecular weight excluding hydrogens is 208 g/mol. The summed E-state index contributed by atoms with van der Waals surface area (Å²) in [5.74, 6) is -3.23. The molecule has 0 aliphatic heterocycles. The molecule has 0 spiro atoms. The van der Waals surface area contributed by atoms with Gasteiger partial charge in [0.05, 0.1) is 19.2 Å². The van der Waals surface area contributed by atoms with E-state index in [0.29, 0.717) is 0 Å². The van der Waals surface area contributed by atoms with Crippen LogP contribution in [0.25, 0.3) is 0 Å². The van der Waals surface area contributed by atoms with Crippen molar-refractivity contribution in [3.05, 3.63) is 23.3 Å². The third-order valence-electron chi connectivity index (χ3n) is 1.76. The van der Waals surface area contributed by atoms with Crippen molar-refractivity contribution < 1.29 is 23.4 Å². The first-order chi connectivity index (χ1) is 7.11. The van der Waals surface area contributed by atoms with Gasteiger partial charge in [0.1, 0.15) is 0 Å². The molecule has 0 heterocycles. The van der Waals surface area contributed by atoms with Crippen LogP contribution in [0, 0.1) is 11.6 Å². The summed E-state index contributed by atoms with van der Waals surface area (Å²) < 4.78 is 31.1. The second kappa shape index (κ2) is 4.52. The lowest BCUT2D eigenvalue weighted by molar-refractivity contribution is 0.366. The predicted molar refractivity (Wildman–Crippen MR) is 46.4 cm³/mol. The van der Waals surface area contributed by atoms with E-state index in [-0.39, 0.29) is 5.75 Å². The van der Waals surface area contributed by atoms with Crippen LogP contribution < -0.4 is 4.74 Å². The van der Waals surface area contributed by atoms with Crippen LogP contribution in [0.1, 0.15) is 5.56 Å². The molecule has 1 aromatic carbocycles. The summed E-state index contributed by atoms with van der Waals surface area (Å²) in [6.45, 7) is -0.536. The Morgan fingerprint density at radius 1 is 1.53 bits per heavy atom. The quantitative estimate of drug-likeness (QED) is 0.614. The molecule has 0 saturated heterocycles. The monoisotopic (exact) mass is 215 g/mol. The van der Waals surface area contributed by atoms with Gasteiger partial charge in [-0.1, -0.05) is 0 Å². The number of aliphatic imine (C=N–C) groups is 1. The minimum atomic E-state index is -1.16. The third kappa shape index (κ3) is 2.11. The Kier molecular flexibility index (Phi) is 3.36. The lowest BCUT2D eigenvalue weighted by atomic mass is 10.1. The molecule has 80 valence electrons. The average Bonchev–Trinajstić information content (AvgIpc) is 2.23. The van der Waals surface area contributed by atoms with E-state index in [9.17, 15) is 13.6 Å². The van der Waals surface area contributed by atoms with E-state index in [1.807, 2.05) is 0 Å². The first-order valence-corrected chi connectivity index (χ1v) is 3.89. The molecule has 0 aliphatic rings. The highest BCUT2D eigenvalue weighted by atomic mass is 19.1. The Morgan fingerprint density at radius 2 is 2.20 bits per heavy atom. The molecule has 15 heavy (non-hydrogen) atoms. The number of rotatable bonds is 3. The van der Waals surface area contributed by atoms with Crippen LogP contribution in [-0.2, 0) is 11.3 Å². The fourth-order valence-corrected chi connectivity index (χ4v) is 1.05. The Balaban J connectivity index is 3.32. The van der Waals surface area contributed by atoms with Gasteiger partial charge in [0.15, 0.2) is 23.1 Å². The fourth-order valence-electron chi connectivity index (χ4n) is 1.05. The molecule has 0 amide bonds. The SMILES string of the molecule is COc1cc(O)c(F)c(CN=C=O)c1F. The number of methoxy groups -OCH3 is 1. The van der Waals surface area contributed by atoms with Gasteiger partial charge in [-0.2, -0.15) is 0 Å².